The van der Waals surface area contributed by atoms with E-state index in [1.54, 1.807) is 20.8 Å². The van der Waals surface area contributed by atoms with Gasteiger partial charge in [0.15, 0.2) is 11.6 Å². The van der Waals surface area contributed by atoms with Gasteiger partial charge in [-0.2, -0.15) is 17.6 Å². The van der Waals surface area contributed by atoms with Crippen LogP contribution < -0.4 is 10.1 Å². The average Bonchev–Trinajstić information content (AvgIpc) is 3.32. The standard InChI is InChI=1S/C30H39F2NO5.C2HF3O2/c1-29(2,3)28(36)38-23(18-37-25-15-19(10-11-26(34)35)14-24(31)27(25)32)17-33-30(4,5)16-20-12-21-8-6-7-9-22(21)13-20;3-2(4,5)1(6)7/h6-9,14-15,20,23,33H,10-13,16-18H2,1-5H3,(H,34,35);(H,6,7)/t23-;/m1./s1. The van der Waals surface area contributed by atoms with Crippen LogP contribution in [-0.2, 0) is 38.4 Å². The van der Waals surface area contributed by atoms with Crippen molar-refractivity contribution in [1.29, 1.82) is 0 Å². The number of carbonyl (C=O) groups excluding carboxylic acids is 1. The highest BCUT2D eigenvalue weighted by atomic mass is 19.4. The zero-order valence-corrected chi connectivity index (χ0v) is 25.9. The van der Waals surface area contributed by atoms with Gasteiger partial charge >= 0.3 is 24.1 Å². The topological polar surface area (TPSA) is 122 Å². The Hall–Kier alpha value is -3.74. The van der Waals surface area contributed by atoms with Gasteiger partial charge in [-0.1, -0.05) is 24.3 Å². The molecule has 0 aromatic heterocycles. The molecule has 0 saturated heterocycles. The van der Waals surface area contributed by atoms with E-state index >= 15 is 0 Å². The van der Waals surface area contributed by atoms with Gasteiger partial charge in [-0.25, -0.2) is 9.18 Å². The quantitative estimate of drug-likeness (QED) is 0.186. The molecule has 0 fully saturated rings. The first-order valence-electron chi connectivity index (χ1n) is 14.3. The molecule has 0 bridgehead atoms. The lowest BCUT2D eigenvalue weighted by atomic mass is 9.88. The van der Waals surface area contributed by atoms with Crippen LogP contribution in [0.15, 0.2) is 36.4 Å². The number of benzene rings is 2. The van der Waals surface area contributed by atoms with E-state index in [0.29, 0.717) is 11.5 Å². The fraction of sp³-hybridized carbons (Fsp3) is 0.531. The van der Waals surface area contributed by atoms with Crippen LogP contribution in [-0.4, -0.2) is 59.1 Å². The molecule has 45 heavy (non-hydrogen) atoms. The fourth-order valence-electron chi connectivity index (χ4n) is 4.74. The van der Waals surface area contributed by atoms with Crippen molar-refractivity contribution in [2.75, 3.05) is 13.2 Å². The Labute approximate surface area is 258 Å². The molecule has 8 nitrogen and oxygen atoms in total. The number of aryl methyl sites for hydroxylation is 1. The summed E-state index contributed by atoms with van der Waals surface area (Å²) >= 11 is 0. The summed E-state index contributed by atoms with van der Waals surface area (Å²) in [6.07, 6.45) is -3.07. The molecule has 0 heterocycles. The van der Waals surface area contributed by atoms with Crippen LogP contribution in [0.4, 0.5) is 22.0 Å². The summed E-state index contributed by atoms with van der Waals surface area (Å²) in [4.78, 5) is 32.4. The minimum atomic E-state index is -5.08. The number of halogens is 5. The third kappa shape index (κ3) is 12.6. The highest BCUT2D eigenvalue weighted by Gasteiger charge is 2.38. The van der Waals surface area contributed by atoms with Crippen LogP contribution in [0.1, 0.15) is 64.2 Å². The number of hydrogen-bond donors (Lipinski definition) is 3. The Kier molecular flexibility index (Phi) is 12.9. The number of fused-ring (bicyclic) bond motifs is 1. The number of hydrogen-bond acceptors (Lipinski definition) is 6. The number of carboxylic acid groups (broad SMARTS) is 2. The van der Waals surface area contributed by atoms with E-state index < -0.39 is 47.2 Å². The normalized spacial score (nSPS) is 14.2. The lowest BCUT2D eigenvalue weighted by Gasteiger charge is -2.32. The van der Waals surface area contributed by atoms with Crippen LogP contribution in [0.2, 0.25) is 0 Å². The first kappa shape index (κ1) is 37.4. The van der Waals surface area contributed by atoms with Gasteiger partial charge < -0.3 is 25.0 Å². The maximum atomic E-state index is 14.5. The smallest absolute Gasteiger partial charge is 0.486 e. The molecule has 250 valence electrons. The first-order chi connectivity index (χ1) is 20.7. The molecule has 2 aromatic rings. The number of ether oxygens (including phenoxy) is 2. The van der Waals surface area contributed by atoms with E-state index in [9.17, 15) is 31.5 Å². The average molecular weight is 646 g/mol. The predicted octanol–water partition coefficient (Wildman–Crippen LogP) is 6.13. The molecule has 0 amide bonds. The van der Waals surface area contributed by atoms with Crippen molar-refractivity contribution in [3.8, 4) is 5.75 Å². The highest BCUT2D eigenvalue weighted by molar-refractivity contribution is 5.75. The molecular formula is C32H40F5NO7. The summed E-state index contributed by atoms with van der Waals surface area (Å²) in [5.74, 6) is -6.37. The monoisotopic (exact) mass is 645 g/mol. The van der Waals surface area contributed by atoms with Crippen molar-refractivity contribution < 1.29 is 56.0 Å². The fourth-order valence-corrected chi connectivity index (χ4v) is 4.74. The van der Waals surface area contributed by atoms with Crippen molar-refractivity contribution in [2.24, 2.45) is 11.3 Å². The van der Waals surface area contributed by atoms with E-state index in [1.807, 2.05) is 0 Å². The molecule has 1 atom stereocenters. The van der Waals surface area contributed by atoms with Gasteiger partial charge in [0.05, 0.1) is 5.41 Å². The second-order valence-electron chi connectivity index (χ2n) is 12.7. The van der Waals surface area contributed by atoms with Gasteiger partial charge in [0.25, 0.3) is 0 Å². The number of esters is 1. The maximum Gasteiger partial charge on any atom is 0.490 e. The first-order valence-corrected chi connectivity index (χ1v) is 14.3. The number of carbonyl (C=O) groups is 3. The van der Waals surface area contributed by atoms with Crippen molar-refractivity contribution in [2.45, 2.75) is 84.5 Å². The van der Waals surface area contributed by atoms with Gasteiger partial charge in [0.1, 0.15) is 12.7 Å². The van der Waals surface area contributed by atoms with Crippen molar-refractivity contribution in [3.05, 3.63) is 64.7 Å². The second kappa shape index (κ2) is 15.5. The Morgan fingerprint density at radius 2 is 1.53 bits per heavy atom. The van der Waals surface area contributed by atoms with Gasteiger partial charge in [-0.15, -0.1) is 0 Å². The van der Waals surface area contributed by atoms with E-state index in [2.05, 4.69) is 43.4 Å². The lowest BCUT2D eigenvalue weighted by Crippen LogP contribution is -2.47. The molecule has 13 heteroatoms. The Balaban J connectivity index is 0.000000900. The molecule has 0 saturated carbocycles. The van der Waals surface area contributed by atoms with E-state index in [-0.39, 0.29) is 37.3 Å². The van der Waals surface area contributed by atoms with Crippen LogP contribution >= 0.6 is 0 Å². The van der Waals surface area contributed by atoms with Gasteiger partial charge in [0.2, 0.25) is 5.82 Å². The lowest BCUT2D eigenvalue weighted by molar-refractivity contribution is -0.192. The largest absolute Gasteiger partial charge is 0.490 e. The minimum absolute atomic E-state index is 0.0338. The number of alkyl halides is 3. The molecule has 1 aliphatic carbocycles. The van der Waals surface area contributed by atoms with E-state index in [1.165, 1.54) is 17.2 Å². The number of aliphatic carboxylic acids is 2. The summed E-state index contributed by atoms with van der Waals surface area (Å²) in [5, 5.41) is 19.5. The van der Waals surface area contributed by atoms with Crippen LogP contribution in [0.25, 0.3) is 0 Å². The summed E-state index contributed by atoms with van der Waals surface area (Å²) in [6.45, 7) is 9.48. The number of rotatable bonds is 12. The van der Waals surface area contributed by atoms with Crippen LogP contribution in [0, 0.1) is 23.0 Å². The van der Waals surface area contributed by atoms with Crippen molar-refractivity contribution >= 4 is 17.9 Å². The Morgan fingerprint density at radius 1 is 0.978 bits per heavy atom. The van der Waals surface area contributed by atoms with Crippen molar-refractivity contribution in [1.82, 2.24) is 5.32 Å². The van der Waals surface area contributed by atoms with Gasteiger partial charge in [0, 0.05) is 18.5 Å². The number of carboxylic acids is 2. The molecule has 0 radical (unpaired) electrons. The zero-order valence-electron chi connectivity index (χ0n) is 25.9. The molecule has 0 unspecified atom stereocenters. The Bertz CT molecular complexity index is 1310. The molecule has 2 aromatic carbocycles. The maximum absolute atomic E-state index is 14.5. The summed E-state index contributed by atoms with van der Waals surface area (Å²) in [6, 6.07) is 10.7. The molecule has 0 spiro atoms. The van der Waals surface area contributed by atoms with Crippen LogP contribution in [0.3, 0.4) is 0 Å². The number of nitrogens with one attached hydrogen (secondary N) is 1. The summed E-state index contributed by atoms with van der Waals surface area (Å²) < 4.78 is 71.7. The minimum Gasteiger partial charge on any atom is -0.486 e. The summed E-state index contributed by atoms with van der Waals surface area (Å²) in [7, 11) is 0. The summed E-state index contributed by atoms with van der Waals surface area (Å²) in [5.41, 5.74) is 2.06. The third-order valence-electron chi connectivity index (χ3n) is 6.98. The SMILES string of the molecule is CC(C)(CC1Cc2ccccc2C1)NC[C@H](COc1cc(CCC(=O)O)cc(F)c1F)OC(=O)C(C)(C)C.O=C(O)C(F)(F)F. The molecule has 0 aliphatic heterocycles. The van der Waals surface area contributed by atoms with Gasteiger partial charge in [-0.05, 0) is 95.0 Å². The Morgan fingerprint density at radius 3 is 2.02 bits per heavy atom. The van der Waals surface area contributed by atoms with E-state index in [4.69, 9.17) is 24.5 Å². The third-order valence-corrected chi connectivity index (χ3v) is 6.98. The predicted molar refractivity (Wildman–Crippen MR) is 155 cm³/mol. The zero-order chi connectivity index (χ0) is 34.2. The molecule has 1 aliphatic rings. The molecular weight excluding hydrogens is 605 g/mol. The highest BCUT2D eigenvalue weighted by Crippen LogP contribution is 2.32. The second-order valence-corrected chi connectivity index (χ2v) is 12.7. The van der Waals surface area contributed by atoms with Crippen LogP contribution in [0.5, 0.6) is 5.75 Å². The van der Waals surface area contributed by atoms with Crippen molar-refractivity contribution in [3.63, 3.8) is 0 Å². The van der Waals surface area contributed by atoms with E-state index in [0.717, 1.165) is 25.3 Å². The molecule has 3 N–H and O–H groups in total. The molecule has 3 rings (SSSR count). The van der Waals surface area contributed by atoms with Gasteiger partial charge in [-0.3, -0.25) is 9.59 Å².